The molecule has 5 nitrogen and oxygen atoms in total. The molecule has 0 bridgehead atoms. The Hall–Kier alpha value is -3.18. The summed E-state index contributed by atoms with van der Waals surface area (Å²) in [4.78, 5) is 25.5. The van der Waals surface area contributed by atoms with E-state index in [-0.39, 0.29) is 25.2 Å². The van der Waals surface area contributed by atoms with Gasteiger partial charge in [0, 0.05) is 19.4 Å². The van der Waals surface area contributed by atoms with Crippen LogP contribution in [-0.4, -0.2) is 37.9 Å². The van der Waals surface area contributed by atoms with Crippen molar-refractivity contribution >= 4 is 11.9 Å². The Morgan fingerprint density at radius 3 is 1.06 bits per heavy atom. The van der Waals surface area contributed by atoms with Crippen LogP contribution >= 0.6 is 0 Å². The topological polar surface area (TPSA) is 61.8 Å². The minimum Gasteiger partial charge on any atom is -0.462 e. The number of carbonyl (C=O) groups excluding carboxylic acids is 2. The first-order valence-corrected chi connectivity index (χ1v) is 29.8. The lowest BCUT2D eigenvalue weighted by Gasteiger charge is -2.18. The van der Waals surface area contributed by atoms with Crippen LogP contribution in [-0.2, 0) is 23.8 Å². The van der Waals surface area contributed by atoms with Crippen LogP contribution in [0, 0.1) is 0 Å². The van der Waals surface area contributed by atoms with Gasteiger partial charge in [0.2, 0.25) is 0 Å². The van der Waals surface area contributed by atoms with Crippen molar-refractivity contribution in [1.82, 2.24) is 0 Å². The fourth-order valence-corrected chi connectivity index (χ4v) is 8.15. The van der Waals surface area contributed by atoms with Crippen LogP contribution in [0.4, 0.5) is 0 Å². The predicted octanol–water partition coefficient (Wildman–Crippen LogP) is 20.6. The summed E-state index contributed by atoms with van der Waals surface area (Å²) < 4.78 is 17.5. The van der Waals surface area contributed by atoms with E-state index in [0.717, 1.165) is 89.9 Å². The Morgan fingerprint density at radius 2 is 0.643 bits per heavy atom. The third-order valence-electron chi connectivity index (χ3n) is 12.6. The summed E-state index contributed by atoms with van der Waals surface area (Å²) in [6.45, 7) is 7.63. The lowest BCUT2D eigenvalue weighted by Crippen LogP contribution is -2.30. The Bertz CT molecular complexity index is 1330. The van der Waals surface area contributed by atoms with Crippen molar-refractivity contribution < 1.29 is 23.8 Å². The molecule has 0 aromatic heterocycles. The molecule has 70 heavy (non-hydrogen) atoms. The minimum atomic E-state index is -0.567. The summed E-state index contributed by atoms with van der Waals surface area (Å²) in [5, 5.41) is 0. The van der Waals surface area contributed by atoms with E-state index in [4.69, 9.17) is 14.2 Å². The van der Waals surface area contributed by atoms with Crippen molar-refractivity contribution in [3.05, 3.63) is 97.2 Å². The van der Waals surface area contributed by atoms with Crippen LogP contribution in [0.5, 0.6) is 0 Å². The smallest absolute Gasteiger partial charge is 0.306 e. The third-order valence-corrected chi connectivity index (χ3v) is 12.6. The number of allylic oxidation sites excluding steroid dienone is 16. The molecule has 0 heterocycles. The lowest BCUT2D eigenvalue weighted by atomic mass is 10.1. The largest absolute Gasteiger partial charge is 0.462 e. The highest BCUT2D eigenvalue weighted by Crippen LogP contribution is 2.15. The first-order valence-electron chi connectivity index (χ1n) is 29.8. The van der Waals surface area contributed by atoms with Gasteiger partial charge in [0.25, 0.3) is 0 Å². The van der Waals surface area contributed by atoms with E-state index in [9.17, 15) is 9.59 Å². The van der Waals surface area contributed by atoms with Crippen molar-refractivity contribution in [2.24, 2.45) is 0 Å². The van der Waals surface area contributed by atoms with Gasteiger partial charge in [-0.2, -0.15) is 0 Å². The average molecular weight is 974 g/mol. The van der Waals surface area contributed by atoms with Crippen molar-refractivity contribution in [2.45, 2.75) is 284 Å². The van der Waals surface area contributed by atoms with Gasteiger partial charge in [0.15, 0.2) is 6.10 Å². The summed E-state index contributed by atoms with van der Waals surface area (Å²) in [5.41, 5.74) is 0. The van der Waals surface area contributed by atoms with Gasteiger partial charge in [-0.25, -0.2) is 0 Å². The average Bonchev–Trinajstić information content (AvgIpc) is 3.36. The minimum absolute atomic E-state index is 0.0615. The monoisotopic (exact) mass is 973 g/mol. The molecule has 402 valence electrons. The number of esters is 2. The fourth-order valence-electron chi connectivity index (χ4n) is 8.15. The van der Waals surface area contributed by atoms with Crippen molar-refractivity contribution in [3.8, 4) is 0 Å². The van der Waals surface area contributed by atoms with Crippen LogP contribution in [0.3, 0.4) is 0 Å². The summed E-state index contributed by atoms with van der Waals surface area (Å²) in [7, 11) is 0. The van der Waals surface area contributed by atoms with Crippen LogP contribution < -0.4 is 0 Å². The Morgan fingerprint density at radius 1 is 0.329 bits per heavy atom. The zero-order valence-electron chi connectivity index (χ0n) is 46.3. The number of carbonyl (C=O) groups is 2. The van der Waals surface area contributed by atoms with Crippen LogP contribution in [0.25, 0.3) is 0 Å². The van der Waals surface area contributed by atoms with E-state index in [1.54, 1.807) is 0 Å². The maximum atomic E-state index is 12.9. The van der Waals surface area contributed by atoms with Crippen molar-refractivity contribution in [2.75, 3.05) is 19.8 Å². The molecule has 0 aliphatic carbocycles. The molecule has 0 saturated heterocycles. The predicted molar refractivity (Wildman–Crippen MR) is 306 cm³/mol. The summed E-state index contributed by atoms with van der Waals surface area (Å²) in [5.74, 6) is -0.448. The SMILES string of the molecule is CC/C=C\C/C=C\C/C=C\C/C=C\CCCCC(=O)OC(COCCCCCCCCCCCC/C=C\C/C=C\CCCCC)COC(=O)CCCCCCCCCCC/C=C\C/C=C\CCCCC. The molecule has 0 aliphatic heterocycles. The molecule has 0 N–H and O–H groups in total. The van der Waals surface area contributed by atoms with E-state index in [2.05, 4.69) is 118 Å². The first-order chi connectivity index (χ1) is 34.6. The molecule has 0 aliphatic rings. The molecule has 5 heteroatoms. The van der Waals surface area contributed by atoms with Crippen LogP contribution in [0.1, 0.15) is 278 Å². The molecule has 0 spiro atoms. The van der Waals surface area contributed by atoms with Gasteiger partial charge in [0.05, 0.1) is 6.61 Å². The summed E-state index contributed by atoms with van der Waals surface area (Å²) in [6.07, 6.45) is 81.5. The van der Waals surface area contributed by atoms with Gasteiger partial charge in [0.1, 0.15) is 6.61 Å². The number of hydrogen-bond acceptors (Lipinski definition) is 5. The number of hydrogen-bond donors (Lipinski definition) is 0. The van der Waals surface area contributed by atoms with Gasteiger partial charge >= 0.3 is 11.9 Å². The highest BCUT2D eigenvalue weighted by molar-refractivity contribution is 5.70. The van der Waals surface area contributed by atoms with E-state index >= 15 is 0 Å². The zero-order valence-corrected chi connectivity index (χ0v) is 46.3. The van der Waals surface area contributed by atoms with E-state index in [1.807, 2.05) is 0 Å². The molecule has 0 rings (SSSR count). The second-order valence-corrected chi connectivity index (χ2v) is 19.5. The van der Waals surface area contributed by atoms with Gasteiger partial charge < -0.3 is 14.2 Å². The van der Waals surface area contributed by atoms with E-state index in [0.29, 0.717) is 19.4 Å². The summed E-state index contributed by atoms with van der Waals surface area (Å²) >= 11 is 0. The number of unbranched alkanes of at least 4 members (excludes halogenated alkanes) is 27. The first kappa shape index (κ1) is 66.8. The molecular weight excluding hydrogens is 861 g/mol. The van der Waals surface area contributed by atoms with Gasteiger partial charge in [-0.3, -0.25) is 9.59 Å². The number of rotatable bonds is 54. The molecule has 0 aromatic carbocycles. The Labute approximate surface area is 434 Å². The normalized spacial score (nSPS) is 12.9. The highest BCUT2D eigenvalue weighted by Gasteiger charge is 2.17. The van der Waals surface area contributed by atoms with Gasteiger partial charge in [-0.1, -0.05) is 240 Å². The molecule has 0 radical (unpaired) electrons. The molecular formula is C65H112O5. The van der Waals surface area contributed by atoms with Crippen LogP contribution in [0.15, 0.2) is 97.2 Å². The third kappa shape index (κ3) is 57.4. The second kappa shape index (κ2) is 60.1. The Balaban J connectivity index is 4.32. The van der Waals surface area contributed by atoms with Gasteiger partial charge in [-0.15, -0.1) is 0 Å². The maximum Gasteiger partial charge on any atom is 0.306 e. The fraction of sp³-hybridized carbons (Fsp3) is 0.723. The number of ether oxygens (including phenoxy) is 3. The lowest BCUT2D eigenvalue weighted by molar-refractivity contribution is -0.163. The molecule has 0 aromatic rings. The van der Waals surface area contributed by atoms with Crippen molar-refractivity contribution in [1.29, 1.82) is 0 Å². The maximum absolute atomic E-state index is 12.9. The second-order valence-electron chi connectivity index (χ2n) is 19.5. The van der Waals surface area contributed by atoms with Crippen LogP contribution in [0.2, 0.25) is 0 Å². The Kier molecular flexibility index (Phi) is 57.4. The van der Waals surface area contributed by atoms with E-state index in [1.165, 1.54) is 154 Å². The van der Waals surface area contributed by atoms with Crippen molar-refractivity contribution in [3.63, 3.8) is 0 Å². The standard InChI is InChI=1S/C65H112O5/c1-4-7-10-13-16-19-22-25-28-30-32-34-36-39-42-45-48-51-54-57-60-68-61-63(70-65(67)59-56-53-50-47-44-41-37-27-24-21-18-15-12-9-6-3)62-69-64(66)58-55-52-49-46-43-40-38-35-33-31-29-26-23-20-17-14-11-8-5-2/h9,12,16-21,25-29,37,44,47,63H,4-8,10-11,13-15,22-24,30-36,38-43,45-46,48-62H2,1-3H3/b12-9-,19-16-,20-17-,21-18-,28-25-,29-26-,37-27-,47-44-. The molecule has 0 saturated carbocycles. The molecule has 1 unspecified atom stereocenters. The summed E-state index contributed by atoms with van der Waals surface area (Å²) in [6, 6.07) is 0. The molecule has 1 atom stereocenters. The molecule has 0 amide bonds. The van der Waals surface area contributed by atoms with E-state index < -0.39 is 6.10 Å². The zero-order chi connectivity index (χ0) is 50.6. The molecule has 0 fully saturated rings. The quantitative estimate of drug-likeness (QED) is 0.0345. The van der Waals surface area contributed by atoms with Gasteiger partial charge in [-0.05, 0) is 122 Å². The highest BCUT2D eigenvalue weighted by atomic mass is 16.6.